The number of hydrogen-bond acceptors (Lipinski definition) is 3. The van der Waals surface area contributed by atoms with Crippen molar-refractivity contribution in [3.63, 3.8) is 0 Å². The summed E-state index contributed by atoms with van der Waals surface area (Å²) in [5.74, 6) is -0.207. The highest BCUT2D eigenvalue weighted by Gasteiger charge is 2.28. The van der Waals surface area contributed by atoms with Gasteiger partial charge in [0.2, 0.25) is 0 Å². The van der Waals surface area contributed by atoms with Crippen LogP contribution in [0.3, 0.4) is 0 Å². The van der Waals surface area contributed by atoms with E-state index in [1.807, 2.05) is 19.1 Å². The van der Waals surface area contributed by atoms with Crippen LogP contribution in [0.2, 0.25) is 0 Å². The van der Waals surface area contributed by atoms with E-state index >= 15 is 0 Å². The van der Waals surface area contributed by atoms with Crippen molar-refractivity contribution in [1.82, 2.24) is 4.90 Å². The first-order valence-electron chi connectivity index (χ1n) is 10.9. The number of hydrogen-bond donors (Lipinski definition) is 0. The zero-order chi connectivity index (χ0) is 21.3. The maximum Gasteiger partial charge on any atom is 0.338 e. The smallest absolute Gasteiger partial charge is 0.338 e. The second-order valence-electron chi connectivity index (χ2n) is 10.8. The molecule has 28 heavy (non-hydrogen) atoms. The first-order valence-corrected chi connectivity index (χ1v) is 10.9. The van der Waals surface area contributed by atoms with Gasteiger partial charge >= 0.3 is 5.97 Å². The molecule has 0 aliphatic carbocycles. The van der Waals surface area contributed by atoms with Crippen molar-refractivity contribution in [1.29, 1.82) is 0 Å². The van der Waals surface area contributed by atoms with Crippen LogP contribution in [0.25, 0.3) is 0 Å². The van der Waals surface area contributed by atoms with E-state index in [-0.39, 0.29) is 22.9 Å². The second-order valence-corrected chi connectivity index (χ2v) is 10.8. The average molecular weight is 388 g/mol. The van der Waals surface area contributed by atoms with Gasteiger partial charge in [-0.15, -0.1) is 0 Å². The first kappa shape index (κ1) is 22.9. The van der Waals surface area contributed by atoms with E-state index in [1.54, 1.807) is 0 Å². The Bertz CT molecular complexity index is 639. The average Bonchev–Trinajstić information content (AvgIpc) is 2.56. The minimum atomic E-state index is -0.207. The van der Waals surface area contributed by atoms with Crippen LogP contribution in [0.4, 0.5) is 0 Å². The third-order valence-electron chi connectivity index (χ3n) is 6.05. The van der Waals surface area contributed by atoms with Gasteiger partial charge in [-0.1, -0.05) is 54.0 Å². The molecule has 0 amide bonds. The van der Waals surface area contributed by atoms with Crippen LogP contribution in [-0.2, 0) is 15.6 Å². The zero-order valence-corrected chi connectivity index (χ0v) is 19.6. The Morgan fingerprint density at radius 1 is 1.00 bits per heavy atom. The summed E-state index contributed by atoms with van der Waals surface area (Å²) in [5, 5.41) is 0. The van der Waals surface area contributed by atoms with Crippen molar-refractivity contribution in [3.05, 3.63) is 34.9 Å². The highest BCUT2D eigenvalue weighted by Crippen LogP contribution is 2.31. The van der Waals surface area contributed by atoms with Crippen LogP contribution in [0.15, 0.2) is 18.2 Å². The predicted molar refractivity (Wildman–Crippen MR) is 118 cm³/mol. The molecule has 0 bridgehead atoms. The molecule has 0 unspecified atom stereocenters. The molecule has 1 aliphatic rings. The van der Waals surface area contributed by atoms with E-state index < -0.39 is 0 Å². The van der Waals surface area contributed by atoms with Gasteiger partial charge in [-0.2, -0.15) is 0 Å². The maximum atomic E-state index is 13.0. The number of carbonyl (C=O) groups is 1. The standard InChI is InChI=1S/C25H41NO2/c1-17-11-10-12-18(2)26(17)16-19(3)28-23(27)20-13-21(24(4,5)6)15-22(14-20)25(7,8)9/h13-15,17-19H,10-12,16H2,1-9H3/t17-,18+,19-/m1/s1. The van der Waals surface area contributed by atoms with Crippen LogP contribution in [-0.4, -0.2) is 35.6 Å². The molecule has 3 heteroatoms. The fourth-order valence-corrected chi connectivity index (χ4v) is 4.03. The van der Waals surface area contributed by atoms with E-state index in [9.17, 15) is 4.79 Å². The summed E-state index contributed by atoms with van der Waals surface area (Å²) in [6, 6.07) is 7.37. The maximum absolute atomic E-state index is 13.0. The van der Waals surface area contributed by atoms with Crippen molar-refractivity contribution in [2.45, 2.75) is 111 Å². The third-order valence-corrected chi connectivity index (χ3v) is 6.05. The van der Waals surface area contributed by atoms with Crippen LogP contribution < -0.4 is 0 Å². The van der Waals surface area contributed by atoms with Crippen molar-refractivity contribution in [2.24, 2.45) is 0 Å². The molecule has 1 aliphatic heterocycles. The molecule has 3 nitrogen and oxygen atoms in total. The van der Waals surface area contributed by atoms with Gasteiger partial charge < -0.3 is 4.74 Å². The lowest BCUT2D eigenvalue weighted by molar-refractivity contribution is 0.00809. The Balaban J connectivity index is 2.18. The number of rotatable bonds is 4. The molecule has 0 spiro atoms. The molecule has 0 radical (unpaired) electrons. The van der Waals surface area contributed by atoms with E-state index in [2.05, 4.69) is 66.4 Å². The molecule has 0 saturated carbocycles. The molecule has 1 saturated heterocycles. The van der Waals surface area contributed by atoms with Crippen molar-refractivity contribution in [3.8, 4) is 0 Å². The summed E-state index contributed by atoms with van der Waals surface area (Å²) in [6.07, 6.45) is 3.63. The lowest BCUT2D eigenvalue weighted by atomic mass is 9.79. The zero-order valence-electron chi connectivity index (χ0n) is 19.6. The number of likely N-dealkylation sites (tertiary alicyclic amines) is 1. The van der Waals surface area contributed by atoms with Crippen molar-refractivity contribution < 1.29 is 9.53 Å². The molecule has 0 aromatic heterocycles. The lowest BCUT2D eigenvalue weighted by Crippen LogP contribution is -2.47. The van der Waals surface area contributed by atoms with Gasteiger partial charge in [0.15, 0.2) is 0 Å². The SMILES string of the molecule is C[C@H](CN1[C@H](C)CCC[C@@H]1C)OC(=O)c1cc(C(C)(C)C)cc(C(C)(C)C)c1. The Morgan fingerprint density at radius 3 is 1.89 bits per heavy atom. The molecule has 3 atom stereocenters. The fourth-order valence-electron chi connectivity index (χ4n) is 4.03. The van der Waals surface area contributed by atoms with E-state index in [0.29, 0.717) is 17.6 Å². The fraction of sp³-hybridized carbons (Fsp3) is 0.720. The largest absolute Gasteiger partial charge is 0.458 e. The molecule has 1 heterocycles. The number of ether oxygens (including phenoxy) is 1. The van der Waals surface area contributed by atoms with Gasteiger partial charge in [0.25, 0.3) is 0 Å². The molecule has 1 aromatic carbocycles. The van der Waals surface area contributed by atoms with Crippen LogP contribution >= 0.6 is 0 Å². The summed E-state index contributed by atoms with van der Waals surface area (Å²) in [7, 11) is 0. The molecular weight excluding hydrogens is 346 g/mol. The number of esters is 1. The van der Waals surface area contributed by atoms with Gasteiger partial charge in [-0.3, -0.25) is 4.90 Å². The van der Waals surface area contributed by atoms with Gasteiger partial charge in [0.1, 0.15) is 6.10 Å². The quantitative estimate of drug-likeness (QED) is 0.586. The van der Waals surface area contributed by atoms with Crippen molar-refractivity contribution >= 4 is 5.97 Å². The third kappa shape index (κ3) is 5.83. The Morgan fingerprint density at radius 2 is 1.46 bits per heavy atom. The minimum Gasteiger partial charge on any atom is -0.458 e. The number of carbonyl (C=O) groups excluding carboxylic acids is 1. The normalized spacial score (nSPS) is 22.8. The molecule has 0 N–H and O–H groups in total. The highest BCUT2D eigenvalue weighted by atomic mass is 16.5. The Kier molecular flexibility index (Phi) is 7.02. The summed E-state index contributed by atoms with van der Waals surface area (Å²) < 4.78 is 5.89. The second kappa shape index (κ2) is 8.57. The molecule has 2 rings (SSSR count). The topological polar surface area (TPSA) is 29.5 Å². The summed E-state index contributed by atoms with van der Waals surface area (Å²) >= 11 is 0. The molecule has 158 valence electrons. The minimum absolute atomic E-state index is 0.0133. The van der Waals surface area contributed by atoms with Crippen LogP contribution in [0.1, 0.15) is 103 Å². The number of benzene rings is 1. The molecule has 1 aromatic rings. The summed E-state index contributed by atoms with van der Waals surface area (Å²) in [4.78, 5) is 15.5. The lowest BCUT2D eigenvalue weighted by Gasteiger charge is -2.40. The van der Waals surface area contributed by atoms with Crippen LogP contribution in [0, 0.1) is 0 Å². The van der Waals surface area contributed by atoms with Gasteiger partial charge in [-0.05, 0) is 67.7 Å². The predicted octanol–water partition coefficient (Wildman–Crippen LogP) is 6.09. The molecule has 1 fully saturated rings. The van der Waals surface area contributed by atoms with E-state index in [1.165, 1.54) is 30.4 Å². The molecular formula is C25H41NO2. The summed E-state index contributed by atoms with van der Waals surface area (Å²) in [5.41, 5.74) is 3.00. The van der Waals surface area contributed by atoms with Gasteiger partial charge in [0.05, 0.1) is 5.56 Å². The van der Waals surface area contributed by atoms with E-state index in [4.69, 9.17) is 4.74 Å². The highest BCUT2D eigenvalue weighted by molar-refractivity contribution is 5.90. The van der Waals surface area contributed by atoms with Gasteiger partial charge in [0, 0.05) is 18.6 Å². The Labute approximate surface area is 172 Å². The summed E-state index contributed by atoms with van der Waals surface area (Å²) in [6.45, 7) is 20.5. The van der Waals surface area contributed by atoms with Gasteiger partial charge in [-0.25, -0.2) is 4.79 Å². The first-order chi connectivity index (χ1) is 12.8. The van der Waals surface area contributed by atoms with Crippen molar-refractivity contribution in [2.75, 3.05) is 6.54 Å². The van der Waals surface area contributed by atoms with E-state index in [0.717, 1.165) is 6.54 Å². The number of nitrogens with zero attached hydrogens (tertiary/aromatic N) is 1. The monoisotopic (exact) mass is 387 g/mol. The Hall–Kier alpha value is -1.35. The van der Waals surface area contributed by atoms with Crippen LogP contribution in [0.5, 0.6) is 0 Å². The number of piperidine rings is 1.